The first kappa shape index (κ1) is 14.9. The van der Waals surface area contributed by atoms with Gasteiger partial charge in [-0.1, -0.05) is 0 Å². The molecule has 0 aromatic heterocycles. The van der Waals surface area contributed by atoms with Crippen LogP contribution in [0.15, 0.2) is 18.2 Å². The van der Waals surface area contributed by atoms with Gasteiger partial charge in [-0.25, -0.2) is 4.39 Å². The van der Waals surface area contributed by atoms with E-state index < -0.39 is 12.9 Å². The second-order valence-corrected chi connectivity index (χ2v) is 3.51. The molecule has 0 amide bonds. The second kappa shape index (κ2) is 8.04. The molecule has 0 fully saturated rings. The number of halogens is 1. The predicted octanol–water partition coefficient (Wildman–Crippen LogP) is -0.453. The summed E-state index contributed by atoms with van der Waals surface area (Å²) in [4.78, 5) is 0. The van der Waals surface area contributed by atoms with Crippen LogP contribution in [0.3, 0.4) is 0 Å². The number of ether oxygens (including phenoxy) is 3. The van der Waals surface area contributed by atoms with E-state index in [1.807, 2.05) is 0 Å². The van der Waals surface area contributed by atoms with Gasteiger partial charge in [0.2, 0.25) is 0 Å². The Hall–Kier alpha value is -1.15. The van der Waals surface area contributed by atoms with Crippen LogP contribution in [-0.4, -0.2) is 50.7 Å². The van der Waals surface area contributed by atoms with Gasteiger partial charge in [0, 0.05) is 12.6 Å². The summed E-state index contributed by atoms with van der Waals surface area (Å²) in [5.41, 5.74) is -0.00751. The second-order valence-electron chi connectivity index (χ2n) is 3.51. The van der Waals surface area contributed by atoms with Crippen LogP contribution < -0.4 is 10.2 Å². The third-order valence-electron chi connectivity index (χ3n) is 2.17. The zero-order valence-electron chi connectivity index (χ0n) is 10.1. The molecule has 18 heavy (non-hydrogen) atoms. The van der Waals surface area contributed by atoms with E-state index in [-0.39, 0.29) is 17.8 Å². The van der Waals surface area contributed by atoms with Crippen molar-refractivity contribution in [3.63, 3.8) is 0 Å². The predicted molar refractivity (Wildman–Crippen MR) is 64.4 cm³/mol. The van der Waals surface area contributed by atoms with Crippen molar-refractivity contribution in [1.82, 2.24) is 0 Å². The van der Waals surface area contributed by atoms with Crippen molar-refractivity contribution in [1.29, 1.82) is 0 Å². The lowest BCUT2D eigenvalue weighted by Crippen LogP contribution is -2.32. The molecule has 0 radical (unpaired) electrons. The Bertz CT molecular complexity index is 361. The van der Waals surface area contributed by atoms with Crippen LogP contribution in [0.2, 0.25) is 0 Å². The highest BCUT2D eigenvalue weighted by atomic mass is 19.1. The molecule has 5 nitrogen and oxygen atoms in total. The maximum atomic E-state index is 12.9. The minimum Gasteiger partial charge on any atom is -0.492 e. The summed E-state index contributed by atoms with van der Waals surface area (Å²) < 4.78 is 28.2. The van der Waals surface area contributed by atoms with Gasteiger partial charge in [-0.15, -0.1) is 0 Å². The number of hydrogen-bond donors (Lipinski definition) is 2. The number of hydrogen-bond acceptors (Lipinski definition) is 5. The zero-order valence-corrected chi connectivity index (χ0v) is 10.1. The molecule has 0 aliphatic carbocycles. The van der Waals surface area contributed by atoms with Crippen LogP contribution >= 0.6 is 0 Å². The monoisotopic (exact) mass is 258 g/mol. The highest BCUT2D eigenvalue weighted by molar-refractivity contribution is 6.59. The number of rotatable bonds is 8. The van der Waals surface area contributed by atoms with E-state index in [9.17, 15) is 4.39 Å². The van der Waals surface area contributed by atoms with Crippen molar-refractivity contribution >= 4 is 12.6 Å². The number of methoxy groups -OCH3 is 1. The van der Waals surface area contributed by atoms with Gasteiger partial charge in [0.25, 0.3) is 0 Å². The molecule has 0 atom stereocenters. The van der Waals surface area contributed by atoms with E-state index in [4.69, 9.17) is 24.3 Å². The van der Waals surface area contributed by atoms with E-state index in [2.05, 4.69) is 0 Å². The molecule has 0 bridgehead atoms. The molecule has 0 aliphatic rings. The van der Waals surface area contributed by atoms with Crippen molar-refractivity contribution in [2.24, 2.45) is 0 Å². The summed E-state index contributed by atoms with van der Waals surface area (Å²) in [5, 5.41) is 18.1. The molecular weight excluding hydrogens is 242 g/mol. The minimum atomic E-state index is -1.77. The third-order valence-corrected chi connectivity index (χ3v) is 2.17. The first-order chi connectivity index (χ1) is 8.65. The number of benzene rings is 1. The summed E-state index contributed by atoms with van der Waals surface area (Å²) in [7, 11) is -0.196. The standard InChI is InChI=1S/C11H16BFO5/c1-16-4-5-17-6-7-18-11-3-2-9(13)8-10(11)12(14)15/h2-3,8,14-15H,4-7H2,1H3. The molecule has 100 valence electrons. The van der Waals surface area contributed by atoms with E-state index in [1.165, 1.54) is 12.1 Å². The molecule has 7 heteroatoms. The van der Waals surface area contributed by atoms with Gasteiger partial charge in [0.05, 0.1) is 19.8 Å². The van der Waals surface area contributed by atoms with Crippen molar-refractivity contribution < 1.29 is 28.6 Å². The van der Waals surface area contributed by atoms with Crippen molar-refractivity contribution in [2.45, 2.75) is 0 Å². The highest BCUT2D eigenvalue weighted by Crippen LogP contribution is 2.09. The normalized spacial score (nSPS) is 10.4. The molecule has 0 saturated carbocycles. The lowest BCUT2D eigenvalue weighted by molar-refractivity contribution is 0.0545. The molecule has 0 saturated heterocycles. The Kier molecular flexibility index (Phi) is 6.67. The Labute approximate surface area is 105 Å². The third kappa shape index (κ3) is 5.01. The van der Waals surface area contributed by atoms with Gasteiger partial charge in [0.15, 0.2) is 0 Å². The molecule has 1 rings (SSSR count). The van der Waals surface area contributed by atoms with Gasteiger partial charge in [-0.3, -0.25) is 0 Å². The van der Waals surface area contributed by atoms with Crippen molar-refractivity contribution in [2.75, 3.05) is 33.5 Å². The van der Waals surface area contributed by atoms with Crippen molar-refractivity contribution in [3.05, 3.63) is 24.0 Å². The highest BCUT2D eigenvalue weighted by Gasteiger charge is 2.17. The Morgan fingerprint density at radius 3 is 2.56 bits per heavy atom. The molecule has 0 heterocycles. The Balaban J connectivity index is 2.42. The molecule has 1 aromatic rings. The SMILES string of the molecule is COCCOCCOc1ccc(F)cc1B(O)O. The van der Waals surface area contributed by atoms with Crippen LogP contribution in [0.1, 0.15) is 0 Å². The molecule has 0 spiro atoms. The van der Waals surface area contributed by atoms with Crippen LogP contribution in [0.4, 0.5) is 4.39 Å². The fraction of sp³-hybridized carbons (Fsp3) is 0.455. The van der Waals surface area contributed by atoms with E-state index >= 15 is 0 Å². The molecular formula is C11H16BFO5. The van der Waals surface area contributed by atoms with Gasteiger partial charge in [-0.2, -0.15) is 0 Å². The van der Waals surface area contributed by atoms with E-state index in [0.717, 1.165) is 6.07 Å². The smallest absolute Gasteiger partial charge is 0.492 e. The van der Waals surface area contributed by atoms with Crippen LogP contribution in [-0.2, 0) is 9.47 Å². The van der Waals surface area contributed by atoms with Gasteiger partial charge in [-0.05, 0) is 18.2 Å². The average Bonchev–Trinajstić information content (AvgIpc) is 2.35. The minimum absolute atomic E-state index is 0.00751. The lowest BCUT2D eigenvalue weighted by Gasteiger charge is -2.11. The van der Waals surface area contributed by atoms with Gasteiger partial charge >= 0.3 is 7.12 Å². The Morgan fingerprint density at radius 1 is 1.17 bits per heavy atom. The van der Waals surface area contributed by atoms with Crippen LogP contribution in [0.25, 0.3) is 0 Å². The summed E-state index contributed by atoms with van der Waals surface area (Å²) >= 11 is 0. The Morgan fingerprint density at radius 2 is 1.89 bits per heavy atom. The first-order valence-corrected chi connectivity index (χ1v) is 5.50. The average molecular weight is 258 g/mol. The fourth-order valence-corrected chi connectivity index (χ4v) is 1.31. The maximum Gasteiger partial charge on any atom is 0.492 e. The summed E-state index contributed by atoms with van der Waals surface area (Å²) in [6.45, 7) is 1.52. The zero-order chi connectivity index (χ0) is 13.4. The summed E-state index contributed by atoms with van der Waals surface area (Å²) in [6.07, 6.45) is 0. The fourth-order valence-electron chi connectivity index (χ4n) is 1.31. The van der Waals surface area contributed by atoms with E-state index in [0.29, 0.717) is 19.8 Å². The van der Waals surface area contributed by atoms with Gasteiger partial charge in [0.1, 0.15) is 18.2 Å². The van der Waals surface area contributed by atoms with Gasteiger partial charge < -0.3 is 24.3 Å². The van der Waals surface area contributed by atoms with Crippen molar-refractivity contribution in [3.8, 4) is 5.75 Å². The summed E-state index contributed by atoms with van der Waals surface area (Å²) in [5.74, 6) is -0.330. The summed E-state index contributed by atoms with van der Waals surface area (Å²) in [6, 6.07) is 3.55. The molecule has 1 aromatic carbocycles. The van der Waals surface area contributed by atoms with E-state index in [1.54, 1.807) is 7.11 Å². The topological polar surface area (TPSA) is 68.2 Å². The first-order valence-electron chi connectivity index (χ1n) is 5.50. The molecule has 0 aliphatic heterocycles. The molecule has 2 N–H and O–H groups in total. The maximum absolute atomic E-state index is 12.9. The largest absolute Gasteiger partial charge is 0.492 e. The molecule has 0 unspecified atom stereocenters. The van der Waals surface area contributed by atoms with Crippen LogP contribution in [0.5, 0.6) is 5.75 Å². The van der Waals surface area contributed by atoms with Crippen LogP contribution in [0, 0.1) is 5.82 Å². The quantitative estimate of drug-likeness (QED) is 0.488. The lowest BCUT2D eigenvalue weighted by atomic mass is 9.79.